The van der Waals surface area contributed by atoms with E-state index in [0.29, 0.717) is 55.1 Å². The molecule has 5 rings (SSSR count). The number of ether oxygens (including phenoxy) is 1. The molecular formula is C41H49ClN4O6. The van der Waals surface area contributed by atoms with Gasteiger partial charge in [0, 0.05) is 37.0 Å². The van der Waals surface area contributed by atoms with Gasteiger partial charge in [0.05, 0.1) is 18.6 Å². The molecule has 276 valence electrons. The summed E-state index contributed by atoms with van der Waals surface area (Å²) in [5, 5.41) is 6.38. The fourth-order valence-electron chi connectivity index (χ4n) is 7.49. The average molecular weight is 729 g/mol. The summed E-state index contributed by atoms with van der Waals surface area (Å²) < 4.78 is 5.32. The van der Waals surface area contributed by atoms with Crippen LogP contribution in [-0.2, 0) is 36.8 Å². The largest absolute Gasteiger partial charge is 0.497 e. The van der Waals surface area contributed by atoms with Gasteiger partial charge >= 0.3 is 0 Å². The van der Waals surface area contributed by atoms with Gasteiger partial charge in [-0.15, -0.1) is 0 Å². The lowest BCUT2D eigenvalue weighted by Crippen LogP contribution is -2.49. The third-order valence-electron chi connectivity index (χ3n) is 10.3. The molecule has 3 aromatic carbocycles. The van der Waals surface area contributed by atoms with Crippen LogP contribution in [-0.4, -0.2) is 60.1 Å². The van der Waals surface area contributed by atoms with Gasteiger partial charge in [-0.1, -0.05) is 67.8 Å². The van der Waals surface area contributed by atoms with Gasteiger partial charge in [0.2, 0.25) is 17.7 Å². The zero-order valence-corrected chi connectivity index (χ0v) is 31.2. The van der Waals surface area contributed by atoms with Gasteiger partial charge in [-0.2, -0.15) is 0 Å². The first-order chi connectivity index (χ1) is 25.0. The standard InChI is InChI=1S/C41H49ClN4O6/c1-5-8-37(49)46-36(26-30-11-19-34(52-4)20-12-30)39(50)45(38(46)31-13-15-32(42)16-14-31)33-17-9-29(10-18-33)25-35(27(2)47)44-40(51)41(21-6-7-22-41)23-24-43-28(3)48/h9-20,35-36,38H,5-8,21-26H2,1-4H3,(H,43,48)(H,44,51). The highest BCUT2D eigenvalue weighted by Gasteiger charge is 2.49. The first-order valence-electron chi connectivity index (χ1n) is 18.1. The van der Waals surface area contributed by atoms with Crippen molar-refractivity contribution >= 4 is 46.7 Å². The first kappa shape index (κ1) is 38.5. The lowest BCUT2D eigenvalue weighted by molar-refractivity contribution is -0.136. The summed E-state index contributed by atoms with van der Waals surface area (Å²) in [7, 11) is 1.60. The number of anilines is 1. The number of nitrogens with one attached hydrogen (secondary N) is 2. The predicted octanol–water partition coefficient (Wildman–Crippen LogP) is 6.34. The predicted molar refractivity (Wildman–Crippen MR) is 201 cm³/mol. The SMILES string of the molecule is CCCC(=O)N1C(Cc2ccc(OC)cc2)C(=O)N(c2ccc(CC(NC(=O)C3(CCNC(C)=O)CCCC3)C(C)=O)cc2)C1c1ccc(Cl)cc1. The summed E-state index contributed by atoms with van der Waals surface area (Å²) in [5.74, 6) is -0.0696. The number of hydrogen-bond donors (Lipinski definition) is 2. The van der Waals surface area contributed by atoms with E-state index in [9.17, 15) is 24.0 Å². The number of hydrogen-bond acceptors (Lipinski definition) is 6. The van der Waals surface area contributed by atoms with Crippen LogP contribution >= 0.6 is 11.6 Å². The van der Waals surface area contributed by atoms with Crippen molar-refractivity contribution in [2.45, 2.75) is 96.8 Å². The number of ketones is 1. The lowest BCUT2D eigenvalue weighted by Gasteiger charge is -2.32. The smallest absolute Gasteiger partial charge is 0.252 e. The molecule has 1 aliphatic heterocycles. The molecule has 0 bridgehead atoms. The summed E-state index contributed by atoms with van der Waals surface area (Å²) >= 11 is 6.26. The van der Waals surface area contributed by atoms with Crippen LogP contribution < -0.4 is 20.3 Å². The van der Waals surface area contributed by atoms with Crippen molar-refractivity contribution in [3.63, 3.8) is 0 Å². The molecule has 3 atom stereocenters. The molecule has 1 saturated heterocycles. The molecule has 4 amide bonds. The Kier molecular flexibility index (Phi) is 12.8. The molecule has 1 heterocycles. The van der Waals surface area contributed by atoms with Crippen molar-refractivity contribution < 1.29 is 28.7 Å². The second kappa shape index (κ2) is 17.2. The molecular weight excluding hydrogens is 680 g/mol. The van der Waals surface area contributed by atoms with Gasteiger partial charge in [0.15, 0.2) is 5.78 Å². The number of benzene rings is 3. The minimum absolute atomic E-state index is 0.120. The summed E-state index contributed by atoms with van der Waals surface area (Å²) in [5.41, 5.74) is 2.45. The number of methoxy groups -OCH3 is 1. The number of amides is 4. The molecule has 2 aliphatic rings. The maximum atomic E-state index is 14.5. The molecule has 1 saturated carbocycles. The number of halogens is 1. The van der Waals surface area contributed by atoms with Crippen LogP contribution in [0, 0.1) is 5.41 Å². The Morgan fingerprint density at radius 2 is 1.56 bits per heavy atom. The van der Waals surface area contributed by atoms with E-state index in [1.54, 1.807) is 29.0 Å². The third kappa shape index (κ3) is 8.84. The van der Waals surface area contributed by atoms with Crippen molar-refractivity contribution in [2.75, 3.05) is 18.6 Å². The van der Waals surface area contributed by atoms with Gasteiger partial charge in [0.25, 0.3) is 5.91 Å². The van der Waals surface area contributed by atoms with Gasteiger partial charge in [-0.25, -0.2) is 0 Å². The van der Waals surface area contributed by atoms with Crippen LogP contribution in [0.4, 0.5) is 5.69 Å². The Morgan fingerprint density at radius 3 is 2.13 bits per heavy atom. The Hall–Kier alpha value is -4.70. The summed E-state index contributed by atoms with van der Waals surface area (Å²) in [4.78, 5) is 69.7. The Morgan fingerprint density at radius 1 is 0.923 bits per heavy atom. The Labute approximate surface area is 311 Å². The Bertz CT molecular complexity index is 1740. The van der Waals surface area contributed by atoms with Gasteiger partial charge < -0.3 is 20.3 Å². The van der Waals surface area contributed by atoms with E-state index in [-0.39, 0.29) is 42.3 Å². The number of rotatable bonds is 15. The van der Waals surface area contributed by atoms with E-state index in [1.165, 1.54) is 13.8 Å². The van der Waals surface area contributed by atoms with E-state index in [2.05, 4.69) is 10.6 Å². The van der Waals surface area contributed by atoms with Crippen molar-refractivity contribution in [2.24, 2.45) is 5.41 Å². The van der Waals surface area contributed by atoms with Gasteiger partial charge in [0.1, 0.15) is 18.0 Å². The number of carbonyl (C=O) groups excluding carboxylic acids is 5. The summed E-state index contributed by atoms with van der Waals surface area (Å²) in [6.45, 7) is 5.28. The van der Waals surface area contributed by atoms with E-state index in [4.69, 9.17) is 16.3 Å². The second-order valence-electron chi connectivity index (χ2n) is 14.0. The van der Waals surface area contributed by atoms with Crippen molar-refractivity contribution in [1.29, 1.82) is 0 Å². The zero-order valence-electron chi connectivity index (χ0n) is 30.5. The maximum Gasteiger partial charge on any atom is 0.252 e. The molecule has 0 aromatic heterocycles. The number of nitrogens with zero attached hydrogens (tertiary/aromatic N) is 2. The molecule has 0 spiro atoms. The molecule has 0 radical (unpaired) electrons. The van der Waals surface area contributed by atoms with Crippen LogP contribution in [0.15, 0.2) is 72.8 Å². The molecule has 1 aliphatic carbocycles. The third-order valence-corrected chi connectivity index (χ3v) is 10.6. The molecule has 2 fully saturated rings. The maximum absolute atomic E-state index is 14.5. The first-order valence-corrected chi connectivity index (χ1v) is 18.5. The zero-order chi connectivity index (χ0) is 37.4. The minimum Gasteiger partial charge on any atom is -0.497 e. The molecule has 3 unspecified atom stereocenters. The van der Waals surface area contributed by atoms with E-state index in [0.717, 1.165) is 29.5 Å². The topological polar surface area (TPSA) is 125 Å². The molecule has 2 N–H and O–H groups in total. The molecule has 3 aromatic rings. The lowest BCUT2D eigenvalue weighted by atomic mass is 9.81. The molecule has 52 heavy (non-hydrogen) atoms. The van der Waals surface area contributed by atoms with E-state index < -0.39 is 23.7 Å². The van der Waals surface area contributed by atoms with Gasteiger partial charge in [-0.05, 0) is 92.1 Å². The van der Waals surface area contributed by atoms with Crippen LogP contribution in [0.2, 0.25) is 5.02 Å². The van der Waals surface area contributed by atoms with E-state index in [1.807, 2.05) is 67.6 Å². The fraction of sp³-hybridized carbons (Fsp3) is 0.439. The van der Waals surface area contributed by atoms with Crippen molar-refractivity contribution in [3.05, 3.63) is 94.5 Å². The second-order valence-corrected chi connectivity index (χ2v) is 14.4. The van der Waals surface area contributed by atoms with Crippen LogP contribution in [0.25, 0.3) is 0 Å². The highest BCUT2D eigenvalue weighted by molar-refractivity contribution is 6.30. The average Bonchev–Trinajstić information content (AvgIpc) is 3.72. The minimum atomic E-state index is -0.751. The van der Waals surface area contributed by atoms with Gasteiger partial charge in [-0.3, -0.25) is 28.9 Å². The van der Waals surface area contributed by atoms with Crippen LogP contribution in [0.5, 0.6) is 5.75 Å². The highest BCUT2D eigenvalue weighted by atomic mass is 35.5. The van der Waals surface area contributed by atoms with Crippen LogP contribution in [0.1, 0.15) is 88.6 Å². The normalized spacial score (nSPS) is 18.6. The van der Waals surface area contributed by atoms with E-state index >= 15 is 0 Å². The molecule has 11 heteroatoms. The number of Topliss-reactive ketones (excluding diaryl/α,β-unsaturated/α-hetero) is 1. The molecule has 10 nitrogen and oxygen atoms in total. The highest BCUT2D eigenvalue weighted by Crippen LogP contribution is 2.42. The quantitative estimate of drug-likeness (QED) is 0.188. The monoisotopic (exact) mass is 728 g/mol. The van der Waals surface area contributed by atoms with Crippen molar-refractivity contribution in [1.82, 2.24) is 15.5 Å². The summed E-state index contributed by atoms with van der Waals surface area (Å²) in [6.07, 6.45) is 4.61. The van der Waals surface area contributed by atoms with Crippen molar-refractivity contribution in [3.8, 4) is 5.75 Å². The number of carbonyl (C=O) groups is 5. The Balaban J connectivity index is 1.42. The summed E-state index contributed by atoms with van der Waals surface area (Å²) in [6, 6.07) is 20.6. The van der Waals surface area contributed by atoms with Crippen LogP contribution in [0.3, 0.4) is 0 Å². The fourth-order valence-corrected chi connectivity index (χ4v) is 7.61.